The van der Waals surface area contributed by atoms with Crippen molar-refractivity contribution >= 4 is 23.9 Å². The van der Waals surface area contributed by atoms with Crippen molar-refractivity contribution in [2.75, 3.05) is 20.8 Å². The Morgan fingerprint density at radius 3 is 1.75 bits per heavy atom. The second-order valence-corrected chi connectivity index (χ2v) is 3.87. The average molecular weight is 290 g/mol. The Hall–Kier alpha value is -2.12. The molecule has 0 spiro atoms. The zero-order chi connectivity index (χ0) is 15.7. The molecule has 1 unspecified atom stereocenters. The van der Waals surface area contributed by atoms with Crippen molar-refractivity contribution in [2.45, 2.75) is 26.4 Å². The van der Waals surface area contributed by atoms with Crippen LogP contribution in [0.1, 0.15) is 20.3 Å². The molecule has 0 rings (SSSR count). The van der Waals surface area contributed by atoms with Crippen LogP contribution in [0.15, 0.2) is 0 Å². The molecule has 0 aliphatic carbocycles. The molecule has 1 atom stereocenters. The van der Waals surface area contributed by atoms with E-state index in [9.17, 15) is 19.2 Å². The number of carbonyl (C=O) groups is 4. The Morgan fingerprint density at radius 2 is 1.40 bits per heavy atom. The van der Waals surface area contributed by atoms with Crippen molar-refractivity contribution in [1.82, 2.24) is 0 Å². The first-order valence-electron chi connectivity index (χ1n) is 5.78. The van der Waals surface area contributed by atoms with Crippen LogP contribution >= 0.6 is 0 Å². The minimum atomic E-state index is -1.26. The maximum atomic E-state index is 11.5. The lowest BCUT2D eigenvalue weighted by Gasteiger charge is -2.20. The topological polar surface area (TPSA) is 105 Å². The van der Waals surface area contributed by atoms with E-state index in [-0.39, 0.29) is 13.0 Å². The number of hydrogen-bond donors (Lipinski definition) is 0. The van der Waals surface area contributed by atoms with Gasteiger partial charge in [-0.05, 0) is 0 Å². The summed E-state index contributed by atoms with van der Waals surface area (Å²) < 4.78 is 18.6. The van der Waals surface area contributed by atoms with E-state index in [1.807, 2.05) is 0 Å². The summed E-state index contributed by atoms with van der Waals surface area (Å²) in [6, 6.07) is 0. The van der Waals surface area contributed by atoms with Gasteiger partial charge in [-0.15, -0.1) is 0 Å². The first-order chi connectivity index (χ1) is 9.31. The molecule has 0 aliphatic rings. The van der Waals surface area contributed by atoms with Crippen LogP contribution in [0.25, 0.3) is 0 Å². The molecule has 0 amide bonds. The van der Waals surface area contributed by atoms with Crippen LogP contribution in [0.4, 0.5) is 0 Å². The molecule has 114 valence electrons. The highest BCUT2D eigenvalue weighted by Gasteiger charge is 2.33. The van der Waals surface area contributed by atoms with Gasteiger partial charge in [-0.2, -0.15) is 0 Å². The average Bonchev–Trinajstić information content (AvgIpc) is 2.39. The smallest absolute Gasteiger partial charge is 0.320 e. The van der Waals surface area contributed by atoms with E-state index in [1.54, 1.807) is 0 Å². The molecule has 0 aromatic rings. The summed E-state index contributed by atoms with van der Waals surface area (Å²) in [7, 11) is 2.23. The molecule has 0 aliphatic heterocycles. The molecule has 0 heterocycles. The van der Waals surface area contributed by atoms with Crippen LogP contribution < -0.4 is 0 Å². The van der Waals surface area contributed by atoms with Gasteiger partial charge >= 0.3 is 23.9 Å². The first-order valence-corrected chi connectivity index (χ1v) is 5.78. The van der Waals surface area contributed by atoms with Gasteiger partial charge in [0.15, 0.2) is 5.92 Å². The summed E-state index contributed by atoms with van der Waals surface area (Å²) in [5.41, 5.74) is 0. The summed E-state index contributed by atoms with van der Waals surface area (Å²) in [6.45, 7) is 2.08. The second kappa shape index (κ2) is 8.89. The van der Waals surface area contributed by atoms with Gasteiger partial charge in [0, 0.05) is 20.3 Å². The fourth-order valence-corrected chi connectivity index (χ4v) is 1.43. The normalized spacial score (nSPS) is 11.4. The van der Waals surface area contributed by atoms with Crippen LogP contribution in [0.3, 0.4) is 0 Å². The van der Waals surface area contributed by atoms with Gasteiger partial charge in [-0.25, -0.2) is 0 Å². The van der Waals surface area contributed by atoms with Crippen molar-refractivity contribution in [3.05, 3.63) is 0 Å². The van der Waals surface area contributed by atoms with E-state index in [4.69, 9.17) is 9.47 Å². The van der Waals surface area contributed by atoms with Crippen LogP contribution in [0.2, 0.25) is 0 Å². The fraction of sp³-hybridized carbons (Fsp3) is 0.667. The van der Waals surface area contributed by atoms with Gasteiger partial charge in [-0.1, -0.05) is 0 Å². The Morgan fingerprint density at radius 1 is 0.900 bits per heavy atom. The van der Waals surface area contributed by atoms with Gasteiger partial charge in [0.1, 0.15) is 12.7 Å². The maximum absolute atomic E-state index is 11.5. The van der Waals surface area contributed by atoms with Crippen LogP contribution in [0.5, 0.6) is 0 Å². The Kier molecular flexibility index (Phi) is 7.95. The quantitative estimate of drug-likeness (QED) is 0.361. The highest BCUT2D eigenvalue weighted by Crippen LogP contribution is 2.14. The minimum Gasteiger partial charge on any atom is -0.468 e. The van der Waals surface area contributed by atoms with E-state index < -0.39 is 35.9 Å². The zero-order valence-electron chi connectivity index (χ0n) is 11.8. The third kappa shape index (κ3) is 6.72. The summed E-state index contributed by atoms with van der Waals surface area (Å²) in [4.78, 5) is 44.7. The molecular weight excluding hydrogens is 272 g/mol. The number of hydrogen-bond acceptors (Lipinski definition) is 8. The molecule has 0 aromatic carbocycles. The van der Waals surface area contributed by atoms with Gasteiger partial charge in [-0.3, -0.25) is 19.2 Å². The molecule has 0 bridgehead atoms. The Balaban J connectivity index is 4.85. The largest absolute Gasteiger partial charge is 0.468 e. The number of carbonyl (C=O) groups excluding carboxylic acids is 4. The first kappa shape index (κ1) is 17.9. The molecule has 8 nitrogen and oxygen atoms in total. The molecule has 0 aromatic heterocycles. The maximum Gasteiger partial charge on any atom is 0.320 e. The Bertz CT molecular complexity index is 360. The predicted molar refractivity (Wildman–Crippen MR) is 64.3 cm³/mol. The lowest BCUT2D eigenvalue weighted by atomic mass is 10.0. The standard InChI is InChI=1S/C12H18O8/c1-7(13)19-6-9(20-8(2)14)5-10(11(15)17-3)12(16)18-4/h9-10H,5-6H2,1-4H3. The number of methoxy groups -OCH3 is 2. The number of rotatable bonds is 7. The molecule has 0 saturated heterocycles. The summed E-state index contributed by atoms with van der Waals surface area (Å²) in [5, 5.41) is 0. The molecule has 0 fully saturated rings. The van der Waals surface area contributed by atoms with Crippen molar-refractivity contribution < 1.29 is 38.1 Å². The van der Waals surface area contributed by atoms with Crippen molar-refractivity contribution in [3.63, 3.8) is 0 Å². The SMILES string of the molecule is COC(=O)C(CC(COC(C)=O)OC(C)=O)C(=O)OC. The van der Waals surface area contributed by atoms with Gasteiger partial charge in [0.25, 0.3) is 0 Å². The number of esters is 4. The molecule has 0 N–H and O–H groups in total. The van der Waals surface area contributed by atoms with E-state index in [0.717, 1.165) is 21.1 Å². The van der Waals surface area contributed by atoms with Gasteiger partial charge in [0.05, 0.1) is 14.2 Å². The highest BCUT2D eigenvalue weighted by atomic mass is 16.6. The second-order valence-electron chi connectivity index (χ2n) is 3.87. The predicted octanol–water partition coefficient (Wildman–Crippen LogP) is -0.166. The van der Waals surface area contributed by atoms with Crippen LogP contribution in [-0.4, -0.2) is 50.8 Å². The minimum absolute atomic E-state index is 0.202. The summed E-state index contributed by atoms with van der Waals surface area (Å²) in [6.07, 6.45) is -1.15. The fourth-order valence-electron chi connectivity index (χ4n) is 1.43. The summed E-state index contributed by atoms with van der Waals surface area (Å²) >= 11 is 0. The molecule has 20 heavy (non-hydrogen) atoms. The van der Waals surface area contributed by atoms with E-state index >= 15 is 0 Å². The van der Waals surface area contributed by atoms with Crippen molar-refractivity contribution in [1.29, 1.82) is 0 Å². The van der Waals surface area contributed by atoms with E-state index in [0.29, 0.717) is 0 Å². The lowest BCUT2D eigenvalue weighted by Crippen LogP contribution is -2.34. The monoisotopic (exact) mass is 290 g/mol. The molecule has 0 radical (unpaired) electrons. The van der Waals surface area contributed by atoms with Crippen molar-refractivity contribution in [3.8, 4) is 0 Å². The van der Waals surface area contributed by atoms with E-state index in [1.165, 1.54) is 6.92 Å². The summed E-state index contributed by atoms with van der Waals surface area (Å²) in [5.74, 6) is -4.11. The van der Waals surface area contributed by atoms with Gasteiger partial charge < -0.3 is 18.9 Å². The van der Waals surface area contributed by atoms with Crippen molar-refractivity contribution in [2.24, 2.45) is 5.92 Å². The number of ether oxygens (including phenoxy) is 4. The van der Waals surface area contributed by atoms with Gasteiger partial charge in [0.2, 0.25) is 0 Å². The highest BCUT2D eigenvalue weighted by molar-refractivity contribution is 5.94. The van der Waals surface area contributed by atoms with Crippen LogP contribution in [-0.2, 0) is 38.1 Å². The lowest BCUT2D eigenvalue weighted by molar-refractivity contribution is -0.166. The van der Waals surface area contributed by atoms with E-state index in [2.05, 4.69) is 9.47 Å². The molecule has 0 saturated carbocycles. The molecular formula is C12H18O8. The third-order valence-corrected chi connectivity index (χ3v) is 2.28. The molecule has 8 heteroatoms. The zero-order valence-corrected chi connectivity index (χ0v) is 11.8. The Labute approximate surface area is 116 Å². The third-order valence-electron chi connectivity index (χ3n) is 2.28. The van der Waals surface area contributed by atoms with Crippen LogP contribution in [0, 0.1) is 5.92 Å².